The summed E-state index contributed by atoms with van der Waals surface area (Å²) in [4.78, 5) is 38.3. The highest BCUT2D eigenvalue weighted by Gasteiger charge is 2.47. The minimum Gasteiger partial charge on any atom is -0.490 e. The van der Waals surface area contributed by atoms with Crippen molar-refractivity contribution in [1.82, 2.24) is 10.2 Å². The van der Waals surface area contributed by atoms with E-state index in [1.807, 2.05) is 44.2 Å². The molecule has 1 aliphatic carbocycles. The first kappa shape index (κ1) is 20.9. The molecule has 0 bridgehead atoms. The van der Waals surface area contributed by atoms with E-state index in [0.29, 0.717) is 50.5 Å². The monoisotopic (exact) mass is 400 g/mol. The second-order valence-corrected chi connectivity index (χ2v) is 7.17. The Bertz CT molecular complexity index is 778. The van der Waals surface area contributed by atoms with Crippen LogP contribution in [0.1, 0.15) is 32.3 Å². The van der Waals surface area contributed by atoms with Crippen LogP contribution in [0.3, 0.4) is 0 Å². The van der Waals surface area contributed by atoms with Crippen LogP contribution in [-0.4, -0.2) is 48.9 Å². The number of nitrogens with one attached hydrogen (secondary N) is 1. The summed E-state index contributed by atoms with van der Waals surface area (Å²) < 4.78 is 11.2. The van der Waals surface area contributed by atoms with E-state index in [4.69, 9.17) is 9.47 Å². The van der Waals surface area contributed by atoms with Gasteiger partial charge in [0.25, 0.3) is 0 Å². The summed E-state index contributed by atoms with van der Waals surface area (Å²) in [6.07, 6.45) is 5.63. The van der Waals surface area contributed by atoms with Gasteiger partial charge in [-0.1, -0.05) is 18.2 Å². The van der Waals surface area contributed by atoms with E-state index in [-0.39, 0.29) is 36.1 Å². The molecule has 7 nitrogen and oxygen atoms in total. The molecule has 1 heterocycles. The number of likely N-dealkylation sites (tertiary alicyclic amines) is 1. The summed E-state index contributed by atoms with van der Waals surface area (Å²) in [6, 6.07) is 5.71. The topological polar surface area (TPSA) is 84.9 Å². The third-order valence-electron chi connectivity index (χ3n) is 5.24. The lowest BCUT2D eigenvalue weighted by Gasteiger charge is -2.15. The molecular formula is C22H28N2O5. The number of ether oxygens (including phenoxy) is 2. The number of hydrogen-bond acceptors (Lipinski definition) is 5. The number of nitrogens with zero attached hydrogens (tertiary/aromatic N) is 1. The van der Waals surface area contributed by atoms with Crippen LogP contribution in [0.2, 0.25) is 0 Å². The van der Waals surface area contributed by atoms with Crippen LogP contribution < -0.4 is 14.8 Å². The van der Waals surface area contributed by atoms with Crippen LogP contribution in [0.15, 0.2) is 30.4 Å². The fourth-order valence-electron chi connectivity index (χ4n) is 3.82. The number of amides is 3. The molecule has 0 unspecified atom stereocenters. The van der Waals surface area contributed by atoms with Gasteiger partial charge in [0.2, 0.25) is 17.7 Å². The van der Waals surface area contributed by atoms with Crippen molar-refractivity contribution in [3.63, 3.8) is 0 Å². The summed E-state index contributed by atoms with van der Waals surface area (Å²) in [6.45, 7) is 5.12. The summed E-state index contributed by atoms with van der Waals surface area (Å²) in [5, 5.41) is 2.80. The lowest BCUT2D eigenvalue weighted by molar-refractivity contribution is -0.143. The second-order valence-electron chi connectivity index (χ2n) is 7.17. The normalized spacial score (nSPS) is 20.6. The molecule has 156 valence electrons. The van der Waals surface area contributed by atoms with Crippen molar-refractivity contribution in [2.75, 3.05) is 26.3 Å². The first-order chi connectivity index (χ1) is 14.0. The first-order valence-corrected chi connectivity index (χ1v) is 10.2. The van der Waals surface area contributed by atoms with Gasteiger partial charge in [0.1, 0.15) is 6.54 Å². The number of rotatable bonds is 9. The maximum atomic E-state index is 12.4. The Morgan fingerprint density at radius 3 is 2.28 bits per heavy atom. The number of allylic oxidation sites excluding steroid dienone is 2. The molecule has 2 aliphatic rings. The highest BCUT2D eigenvalue weighted by Crippen LogP contribution is 2.34. The second kappa shape index (κ2) is 9.58. The molecule has 0 aromatic heterocycles. The predicted molar refractivity (Wildman–Crippen MR) is 108 cm³/mol. The van der Waals surface area contributed by atoms with Crippen molar-refractivity contribution in [3.05, 3.63) is 35.9 Å². The molecular weight excluding hydrogens is 372 g/mol. The molecule has 0 saturated carbocycles. The molecule has 3 rings (SSSR count). The molecule has 1 fully saturated rings. The van der Waals surface area contributed by atoms with Gasteiger partial charge in [-0.05, 0) is 50.8 Å². The van der Waals surface area contributed by atoms with Gasteiger partial charge >= 0.3 is 0 Å². The van der Waals surface area contributed by atoms with E-state index in [9.17, 15) is 14.4 Å². The van der Waals surface area contributed by atoms with Crippen LogP contribution in [0.5, 0.6) is 11.5 Å². The Kier molecular flexibility index (Phi) is 6.90. The van der Waals surface area contributed by atoms with E-state index in [0.717, 1.165) is 10.5 Å². The van der Waals surface area contributed by atoms with Crippen LogP contribution in [0.25, 0.3) is 0 Å². The van der Waals surface area contributed by atoms with Gasteiger partial charge in [0.05, 0.1) is 25.0 Å². The van der Waals surface area contributed by atoms with Crippen molar-refractivity contribution >= 4 is 17.7 Å². The molecule has 1 aliphatic heterocycles. The predicted octanol–water partition coefficient (Wildman–Crippen LogP) is 2.09. The van der Waals surface area contributed by atoms with E-state index >= 15 is 0 Å². The van der Waals surface area contributed by atoms with Crippen molar-refractivity contribution in [3.8, 4) is 11.5 Å². The minimum absolute atomic E-state index is 0.210. The highest BCUT2D eigenvalue weighted by atomic mass is 16.5. The standard InChI is InChI=1S/C22H28N2O5/c1-3-28-18-10-9-15(13-19(18)29-4-2)11-12-23-20(25)14-24-21(26)16-7-5-6-8-17(16)22(24)27/h5-6,9-10,13,16-17H,3-4,7-8,11-12,14H2,1-2H3,(H,23,25)/t16-,17-/m0/s1. The molecule has 1 aromatic carbocycles. The fraction of sp³-hybridized carbons (Fsp3) is 0.500. The van der Waals surface area contributed by atoms with Crippen LogP contribution in [-0.2, 0) is 20.8 Å². The van der Waals surface area contributed by atoms with Gasteiger partial charge in [-0.3, -0.25) is 19.3 Å². The molecule has 1 saturated heterocycles. The number of hydrogen-bond donors (Lipinski definition) is 1. The molecule has 29 heavy (non-hydrogen) atoms. The van der Waals surface area contributed by atoms with Crippen molar-refractivity contribution in [2.45, 2.75) is 33.1 Å². The third kappa shape index (κ3) is 4.78. The van der Waals surface area contributed by atoms with Gasteiger partial charge in [0, 0.05) is 6.54 Å². The van der Waals surface area contributed by atoms with Gasteiger partial charge < -0.3 is 14.8 Å². The summed E-state index contributed by atoms with van der Waals surface area (Å²) >= 11 is 0. The number of imide groups is 1. The van der Waals surface area contributed by atoms with Crippen LogP contribution >= 0.6 is 0 Å². The molecule has 0 radical (unpaired) electrons. The lowest BCUT2D eigenvalue weighted by Crippen LogP contribution is -2.41. The maximum absolute atomic E-state index is 12.4. The Morgan fingerprint density at radius 2 is 1.66 bits per heavy atom. The Morgan fingerprint density at radius 1 is 1.03 bits per heavy atom. The number of fused-ring (bicyclic) bond motifs is 1. The first-order valence-electron chi connectivity index (χ1n) is 10.2. The Labute approximate surface area is 171 Å². The van der Waals surface area contributed by atoms with Gasteiger partial charge in [-0.15, -0.1) is 0 Å². The lowest BCUT2D eigenvalue weighted by atomic mass is 9.85. The van der Waals surface area contributed by atoms with E-state index in [1.165, 1.54) is 0 Å². The van der Waals surface area contributed by atoms with Crippen LogP contribution in [0, 0.1) is 11.8 Å². The molecule has 3 amide bonds. The average Bonchev–Trinajstić information content (AvgIpc) is 2.95. The third-order valence-corrected chi connectivity index (χ3v) is 5.24. The Hall–Kier alpha value is -2.83. The zero-order chi connectivity index (χ0) is 20.8. The quantitative estimate of drug-likeness (QED) is 0.507. The smallest absolute Gasteiger partial charge is 0.240 e. The average molecular weight is 400 g/mol. The number of benzene rings is 1. The number of carbonyl (C=O) groups is 3. The fourth-order valence-corrected chi connectivity index (χ4v) is 3.82. The summed E-state index contributed by atoms with van der Waals surface area (Å²) in [5.74, 6) is -0.0110. The summed E-state index contributed by atoms with van der Waals surface area (Å²) in [5.41, 5.74) is 1.00. The molecule has 7 heteroatoms. The van der Waals surface area contributed by atoms with Gasteiger partial charge in [0.15, 0.2) is 11.5 Å². The Balaban J connectivity index is 1.51. The molecule has 1 N–H and O–H groups in total. The zero-order valence-corrected chi connectivity index (χ0v) is 17.0. The number of carbonyl (C=O) groups excluding carboxylic acids is 3. The van der Waals surface area contributed by atoms with Crippen molar-refractivity contribution < 1.29 is 23.9 Å². The van der Waals surface area contributed by atoms with Crippen molar-refractivity contribution in [2.24, 2.45) is 11.8 Å². The van der Waals surface area contributed by atoms with E-state index in [1.54, 1.807) is 0 Å². The van der Waals surface area contributed by atoms with E-state index < -0.39 is 0 Å². The molecule has 2 atom stereocenters. The zero-order valence-electron chi connectivity index (χ0n) is 17.0. The SMILES string of the molecule is CCOc1ccc(CCNC(=O)CN2C(=O)[C@H]3CC=CC[C@@H]3C2=O)cc1OCC. The van der Waals surface area contributed by atoms with Gasteiger partial charge in [-0.25, -0.2) is 0 Å². The largest absolute Gasteiger partial charge is 0.490 e. The van der Waals surface area contributed by atoms with Crippen molar-refractivity contribution in [1.29, 1.82) is 0 Å². The summed E-state index contributed by atoms with van der Waals surface area (Å²) in [7, 11) is 0. The highest BCUT2D eigenvalue weighted by molar-refractivity contribution is 6.07. The van der Waals surface area contributed by atoms with Gasteiger partial charge in [-0.2, -0.15) is 0 Å². The van der Waals surface area contributed by atoms with Crippen LogP contribution in [0.4, 0.5) is 0 Å². The molecule has 0 spiro atoms. The minimum atomic E-state index is -0.325. The molecule has 1 aromatic rings. The maximum Gasteiger partial charge on any atom is 0.240 e. The van der Waals surface area contributed by atoms with E-state index in [2.05, 4.69) is 5.32 Å².